The number of carbonyl (C=O) groups excluding carboxylic acids is 1. The zero-order valence-electron chi connectivity index (χ0n) is 17.7. The van der Waals surface area contributed by atoms with E-state index in [0.717, 1.165) is 34.1 Å². The zero-order valence-corrected chi connectivity index (χ0v) is 18.5. The summed E-state index contributed by atoms with van der Waals surface area (Å²) in [4.78, 5) is 18.0. The highest BCUT2D eigenvalue weighted by molar-refractivity contribution is 7.85. The maximum Gasteiger partial charge on any atom is 0.411 e. The summed E-state index contributed by atoms with van der Waals surface area (Å²) in [5, 5.41) is 0. The van der Waals surface area contributed by atoms with Crippen molar-refractivity contribution < 1.29 is 18.5 Å². The van der Waals surface area contributed by atoms with Crippen molar-refractivity contribution in [1.29, 1.82) is 0 Å². The monoisotopic (exact) mass is 428 g/mol. The molecule has 2 unspecified atom stereocenters. The van der Waals surface area contributed by atoms with Gasteiger partial charge in [-0.05, 0) is 45.0 Å². The van der Waals surface area contributed by atoms with E-state index in [2.05, 4.69) is 4.90 Å². The van der Waals surface area contributed by atoms with Crippen molar-refractivity contribution in [1.82, 2.24) is 9.80 Å². The van der Waals surface area contributed by atoms with Crippen molar-refractivity contribution in [2.45, 2.75) is 48.6 Å². The van der Waals surface area contributed by atoms with Gasteiger partial charge < -0.3 is 9.47 Å². The molecule has 2 aromatic rings. The molecular formula is C23H28N2O4S. The summed E-state index contributed by atoms with van der Waals surface area (Å²) in [6.45, 7) is 8.22. The number of hydrogen-bond acceptors (Lipinski definition) is 5. The molecule has 0 aromatic heterocycles. The Hall–Kier alpha value is -2.38. The molecule has 2 heterocycles. The lowest BCUT2D eigenvalue weighted by molar-refractivity contribution is 0.0244. The van der Waals surface area contributed by atoms with Crippen LogP contribution < -0.4 is 4.74 Å². The molecule has 1 saturated heterocycles. The van der Waals surface area contributed by atoms with E-state index >= 15 is 0 Å². The average Bonchev–Trinajstić information content (AvgIpc) is 3.22. The van der Waals surface area contributed by atoms with Crippen LogP contribution in [-0.2, 0) is 15.5 Å². The summed E-state index contributed by atoms with van der Waals surface area (Å²) in [6.07, 6.45) is 0.585. The summed E-state index contributed by atoms with van der Waals surface area (Å²) in [7, 11) is -1.24. The number of nitrogens with zero attached hydrogens (tertiary/aromatic N) is 2. The van der Waals surface area contributed by atoms with Crippen molar-refractivity contribution in [2.24, 2.45) is 0 Å². The van der Waals surface area contributed by atoms with Gasteiger partial charge in [0.2, 0.25) is 0 Å². The highest BCUT2D eigenvalue weighted by atomic mass is 32.2. The highest BCUT2D eigenvalue weighted by Gasteiger charge is 2.35. The van der Waals surface area contributed by atoms with Crippen molar-refractivity contribution in [3.8, 4) is 5.75 Å². The van der Waals surface area contributed by atoms with Crippen LogP contribution in [0, 0.1) is 0 Å². The van der Waals surface area contributed by atoms with Gasteiger partial charge in [0.25, 0.3) is 0 Å². The molecule has 1 amide bonds. The SMILES string of the molecule is CC(C)(C)OC(=O)N1CCN(C2CCOc3cc(S(=O)c4ccccc4)ccc32)C1. The molecule has 30 heavy (non-hydrogen) atoms. The molecule has 2 aliphatic rings. The molecule has 0 spiro atoms. The Bertz CT molecular complexity index is 942. The Morgan fingerprint density at radius 3 is 2.60 bits per heavy atom. The zero-order chi connectivity index (χ0) is 21.3. The quantitative estimate of drug-likeness (QED) is 0.734. The number of benzene rings is 2. The molecule has 6 nitrogen and oxygen atoms in total. The smallest absolute Gasteiger partial charge is 0.411 e. The number of ether oxygens (including phenoxy) is 2. The van der Waals surface area contributed by atoms with Crippen LogP contribution in [0.25, 0.3) is 0 Å². The fraction of sp³-hybridized carbons (Fsp3) is 0.435. The largest absolute Gasteiger partial charge is 0.493 e. The molecule has 4 rings (SSSR count). The Morgan fingerprint density at radius 2 is 1.87 bits per heavy atom. The molecule has 0 N–H and O–H groups in total. The molecule has 2 atom stereocenters. The lowest BCUT2D eigenvalue weighted by Crippen LogP contribution is -2.37. The summed E-state index contributed by atoms with van der Waals surface area (Å²) >= 11 is 0. The van der Waals surface area contributed by atoms with Crippen LogP contribution in [0.3, 0.4) is 0 Å². The third-order valence-corrected chi connectivity index (χ3v) is 6.65. The van der Waals surface area contributed by atoms with E-state index in [0.29, 0.717) is 19.8 Å². The van der Waals surface area contributed by atoms with E-state index in [1.807, 2.05) is 69.3 Å². The first kappa shape index (κ1) is 20.9. The van der Waals surface area contributed by atoms with Crippen LogP contribution >= 0.6 is 0 Å². The Kier molecular flexibility index (Phi) is 5.84. The molecule has 160 valence electrons. The summed E-state index contributed by atoms with van der Waals surface area (Å²) < 4.78 is 24.3. The van der Waals surface area contributed by atoms with E-state index in [1.165, 1.54) is 0 Å². The van der Waals surface area contributed by atoms with Gasteiger partial charge in [-0.1, -0.05) is 24.3 Å². The van der Waals surface area contributed by atoms with Crippen LogP contribution in [0.15, 0.2) is 58.3 Å². The summed E-state index contributed by atoms with van der Waals surface area (Å²) in [5.74, 6) is 0.781. The van der Waals surface area contributed by atoms with Gasteiger partial charge in [0.15, 0.2) is 0 Å². The molecule has 0 aliphatic carbocycles. The first-order chi connectivity index (χ1) is 14.3. The van der Waals surface area contributed by atoms with Gasteiger partial charge in [-0.3, -0.25) is 9.80 Å². The first-order valence-electron chi connectivity index (χ1n) is 10.3. The second kappa shape index (κ2) is 8.40. The molecule has 2 aliphatic heterocycles. The van der Waals surface area contributed by atoms with Gasteiger partial charge >= 0.3 is 6.09 Å². The van der Waals surface area contributed by atoms with Gasteiger partial charge in [-0.25, -0.2) is 9.00 Å². The standard InChI is InChI=1S/C23H28N2O4S/c1-23(2,3)29-22(26)25-13-12-24(16-25)20-11-14-28-21-15-18(9-10-19(20)21)30(27)17-7-5-4-6-8-17/h4-10,15,20H,11-14,16H2,1-3H3. The summed E-state index contributed by atoms with van der Waals surface area (Å²) in [6, 6.07) is 15.4. The van der Waals surface area contributed by atoms with Gasteiger partial charge in [0.1, 0.15) is 11.4 Å². The predicted octanol–water partition coefficient (Wildman–Crippen LogP) is 4.19. The van der Waals surface area contributed by atoms with E-state index < -0.39 is 16.4 Å². The molecule has 2 aromatic carbocycles. The van der Waals surface area contributed by atoms with Crippen LogP contribution in [0.4, 0.5) is 4.79 Å². The Labute approximate surface area is 180 Å². The fourth-order valence-electron chi connectivity index (χ4n) is 3.87. The van der Waals surface area contributed by atoms with Crippen LogP contribution in [0.1, 0.15) is 38.8 Å². The van der Waals surface area contributed by atoms with Gasteiger partial charge in [0, 0.05) is 40.9 Å². The van der Waals surface area contributed by atoms with Gasteiger partial charge in [-0.2, -0.15) is 0 Å². The van der Waals surface area contributed by atoms with Crippen LogP contribution in [0.5, 0.6) is 5.75 Å². The maximum absolute atomic E-state index is 12.9. The molecule has 0 radical (unpaired) electrons. The number of rotatable bonds is 3. The van der Waals surface area contributed by atoms with E-state index in [9.17, 15) is 9.00 Å². The normalized spacial score (nSPS) is 20.4. The molecule has 7 heteroatoms. The number of hydrogen-bond donors (Lipinski definition) is 0. The minimum absolute atomic E-state index is 0.167. The Balaban J connectivity index is 1.50. The Morgan fingerprint density at radius 1 is 1.10 bits per heavy atom. The third kappa shape index (κ3) is 4.52. The minimum atomic E-state index is -1.24. The first-order valence-corrected chi connectivity index (χ1v) is 11.4. The van der Waals surface area contributed by atoms with E-state index in [4.69, 9.17) is 9.47 Å². The second-order valence-electron chi connectivity index (χ2n) is 8.63. The number of fused-ring (bicyclic) bond motifs is 1. The number of carbonyl (C=O) groups is 1. The van der Waals surface area contributed by atoms with Crippen molar-refractivity contribution >= 4 is 16.9 Å². The lowest BCUT2D eigenvalue weighted by atomic mass is 9.99. The second-order valence-corrected chi connectivity index (χ2v) is 10.1. The van der Waals surface area contributed by atoms with E-state index in [1.54, 1.807) is 4.90 Å². The summed E-state index contributed by atoms with van der Waals surface area (Å²) in [5.41, 5.74) is 0.585. The molecule has 0 saturated carbocycles. The van der Waals surface area contributed by atoms with Crippen LogP contribution in [0.2, 0.25) is 0 Å². The lowest BCUT2D eigenvalue weighted by Gasteiger charge is -2.33. The van der Waals surface area contributed by atoms with Crippen molar-refractivity contribution in [3.05, 3.63) is 54.1 Å². The van der Waals surface area contributed by atoms with E-state index in [-0.39, 0.29) is 12.1 Å². The topological polar surface area (TPSA) is 59.1 Å². The van der Waals surface area contributed by atoms with Gasteiger partial charge in [0.05, 0.1) is 24.1 Å². The van der Waals surface area contributed by atoms with Crippen LogP contribution in [-0.4, -0.2) is 52.1 Å². The molecular weight excluding hydrogens is 400 g/mol. The minimum Gasteiger partial charge on any atom is -0.493 e. The third-order valence-electron chi connectivity index (χ3n) is 5.27. The van der Waals surface area contributed by atoms with Gasteiger partial charge in [-0.15, -0.1) is 0 Å². The number of amides is 1. The average molecular weight is 429 g/mol. The molecule has 0 bridgehead atoms. The fourth-order valence-corrected chi connectivity index (χ4v) is 4.95. The van der Waals surface area contributed by atoms with Crippen molar-refractivity contribution in [2.75, 3.05) is 26.4 Å². The maximum atomic E-state index is 12.9. The van der Waals surface area contributed by atoms with Crippen molar-refractivity contribution in [3.63, 3.8) is 0 Å². The predicted molar refractivity (Wildman–Crippen MR) is 115 cm³/mol. The highest BCUT2D eigenvalue weighted by Crippen LogP contribution is 2.38. The molecule has 1 fully saturated rings.